The van der Waals surface area contributed by atoms with Crippen molar-refractivity contribution >= 4 is 17.4 Å². The number of nitrogens with two attached hydrogens (primary N) is 2. The quantitative estimate of drug-likeness (QED) is 0.627. The minimum absolute atomic E-state index is 0.119. The van der Waals surface area contributed by atoms with Gasteiger partial charge < -0.3 is 22.1 Å². The molecule has 1 aliphatic heterocycles. The van der Waals surface area contributed by atoms with E-state index < -0.39 is 0 Å². The van der Waals surface area contributed by atoms with E-state index in [-0.39, 0.29) is 18.1 Å². The van der Waals surface area contributed by atoms with Gasteiger partial charge in [0.1, 0.15) is 0 Å². The van der Waals surface area contributed by atoms with Gasteiger partial charge >= 0.3 is 6.03 Å². The predicted octanol–water partition coefficient (Wildman–Crippen LogP) is 1.95. The van der Waals surface area contributed by atoms with Crippen molar-refractivity contribution < 1.29 is 4.79 Å². The number of rotatable bonds is 2. The van der Waals surface area contributed by atoms with E-state index in [1.807, 2.05) is 48.5 Å². The number of hydrogen-bond donors (Lipinski definition) is 4. The smallest absolute Gasteiger partial charge is 0.315 e. The van der Waals surface area contributed by atoms with Gasteiger partial charge in [-0.1, -0.05) is 24.3 Å². The molecule has 1 fully saturated rings. The van der Waals surface area contributed by atoms with E-state index in [1.165, 1.54) is 0 Å². The summed E-state index contributed by atoms with van der Waals surface area (Å²) in [6.07, 6.45) is 0. The number of nitrogens with one attached hydrogen (secondary N) is 2. The molecule has 6 N–H and O–H groups in total. The number of amides is 2. The number of hydrogen-bond acceptors (Lipinski definition) is 3. The first-order valence-corrected chi connectivity index (χ1v) is 6.41. The Hall–Kier alpha value is -2.69. The molecule has 2 unspecified atom stereocenters. The first kappa shape index (κ1) is 12.3. The third-order valence-corrected chi connectivity index (χ3v) is 3.50. The molecule has 0 bridgehead atoms. The summed E-state index contributed by atoms with van der Waals surface area (Å²) in [5.41, 5.74) is 14.8. The molecular weight excluding hydrogens is 252 g/mol. The Balaban J connectivity index is 1.94. The van der Waals surface area contributed by atoms with Crippen molar-refractivity contribution in [3.63, 3.8) is 0 Å². The SMILES string of the molecule is Nc1ccc(C2NC(=O)NC2c2ccc(N)cc2)cc1. The van der Waals surface area contributed by atoms with Crippen molar-refractivity contribution in [3.05, 3.63) is 59.7 Å². The zero-order valence-corrected chi connectivity index (χ0v) is 10.8. The number of nitrogen functional groups attached to an aromatic ring is 2. The Labute approximate surface area is 117 Å². The molecule has 2 atom stereocenters. The van der Waals surface area contributed by atoms with Gasteiger partial charge in [0, 0.05) is 11.4 Å². The van der Waals surface area contributed by atoms with Crippen molar-refractivity contribution in [1.29, 1.82) is 0 Å². The highest BCUT2D eigenvalue weighted by molar-refractivity contribution is 5.78. The average molecular weight is 268 g/mol. The number of carbonyl (C=O) groups is 1. The van der Waals surface area contributed by atoms with Crippen LogP contribution < -0.4 is 22.1 Å². The summed E-state index contributed by atoms with van der Waals surface area (Å²) in [4.78, 5) is 11.7. The fourth-order valence-corrected chi connectivity index (χ4v) is 2.45. The minimum atomic E-state index is -0.173. The van der Waals surface area contributed by atoms with E-state index in [2.05, 4.69) is 10.6 Å². The second kappa shape index (κ2) is 4.77. The van der Waals surface area contributed by atoms with E-state index in [9.17, 15) is 4.79 Å². The molecule has 5 heteroatoms. The first-order valence-electron chi connectivity index (χ1n) is 6.41. The Bertz CT molecular complexity index is 566. The van der Waals surface area contributed by atoms with E-state index in [1.54, 1.807) is 0 Å². The molecule has 2 amide bonds. The topological polar surface area (TPSA) is 93.2 Å². The van der Waals surface area contributed by atoms with E-state index in [0.717, 1.165) is 11.1 Å². The van der Waals surface area contributed by atoms with Crippen LogP contribution in [0.2, 0.25) is 0 Å². The zero-order chi connectivity index (χ0) is 14.1. The maximum absolute atomic E-state index is 11.7. The van der Waals surface area contributed by atoms with Crippen molar-refractivity contribution in [3.8, 4) is 0 Å². The predicted molar refractivity (Wildman–Crippen MR) is 78.9 cm³/mol. The number of anilines is 2. The molecule has 0 aliphatic carbocycles. The van der Waals surface area contributed by atoms with Crippen LogP contribution in [0.5, 0.6) is 0 Å². The summed E-state index contributed by atoms with van der Waals surface area (Å²) in [6.45, 7) is 0. The van der Waals surface area contributed by atoms with Crippen molar-refractivity contribution in [2.45, 2.75) is 12.1 Å². The fraction of sp³-hybridized carbons (Fsp3) is 0.133. The minimum Gasteiger partial charge on any atom is -0.399 e. The van der Waals surface area contributed by atoms with Gasteiger partial charge in [-0.3, -0.25) is 0 Å². The van der Waals surface area contributed by atoms with Crippen LogP contribution in [0.3, 0.4) is 0 Å². The Kier molecular flexibility index (Phi) is 2.95. The second-order valence-corrected chi connectivity index (χ2v) is 4.91. The van der Waals surface area contributed by atoms with Gasteiger partial charge in [-0.2, -0.15) is 0 Å². The van der Waals surface area contributed by atoms with Gasteiger partial charge in [0.25, 0.3) is 0 Å². The normalized spacial score (nSPS) is 21.3. The van der Waals surface area contributed by atoms with Crippen LogP contribution in [-0.4, -0.2) is 6.03 Å². The summed E-state index contributed by atoms with van der Waals surface area (Å²) in [7, 11) is 0. The van der Waals surface area contributed by atoms with E-state index >= 15 is 0 Å². The molecule has 1 saturated heterocycles. The highest BCUT2D eigenvalue weighted by Crippen LogP contribution is 2.32. The number of carbonyl (C=O) groups excluding carboxylic acids is 1. The summed E-state index contributed by atoms with van der Waals surface area (Å²) >= 11 is 0. The molecule has 2 aromatic carbocycles. The van der Waals surface area contributed by atoms with Gasteiger partial charge in [-0.05, 0) is 35.4 Å². The summed E-state index contributed by atoms with van der Waals surface area (Å²) < 4.78 is 0. The van der Waals surface area contributed by atoms with E-state index in [0.29, 0.717) is 11.4 Å². The largest absolute Gasteiger partial charge is 0.399 e. The van der Waals surface area contributed by atoms with Crippen LogP contribution in [0.25, 0.3) is 0 Å². The highest BCUT2D eigenvalue weighted by Gasteiger charge is 2.33. The van der Waals surface area contributed by atoms with Crippen molar-refractivity contribution in [2.24, 2.45) is 0 Å². The third-order valence-electron chi connectivity index (χ3n) is 3.50. The Morgan fingerprint density at radius 1 is 0.700 bits per heavy atom. The summed E-state index contributed by atoms with van der Waals surface area (Å²) in [5.74, 6) is 0. The maximum Gasteiger partial charge on any atom is 0.315 e. The van der Waals surface area contributed by atoms with Crippen molar-refractivity contribution in [1.82, 2.24) is 10.6 Å². The monoisotopic (exact) mass is 268 g/mol. The molecular formula is C15H16N4O. The van der Waals surface area contributed by atoms with Crippen LogP contribution in [0, 0.1) is 0 Å². The lowest BCUT2D eigenvalue weighted by Crippen LogP contribution is -2.22. The molecule has 0 saturated carbocycles. The molecule has 2 aromatic rings. The molecule has 3 rings (SSSR count). The first-order chi connectivity index (χ1) is 9.63. The van der Waals surface area contributed by atoms with Gasteiger partial charge in [-0.25, -0.2) is 4.79 Å². The van der Waals surface area contributed by atoms with Crippen LogP contribution in [-0.2, 0) is 0 Å². The van der Waals surface area contributed by atoms with Crippen LogP contribution >= 0.6 is 0 Å². The van der Waals surface area contributed by atoms with Crippen LogP contribution in [0.4, 0.5) is 16.2 Å². The van der Waals surface area contributed by atoms with E-state index in [4.69, 9.17) is 11.5 Å². The lowest BCUT2D eigenvalue weighted by atomic mass is 9.94. The number of benzene rings is 2. The summed E-state index contributed by atoms with van der Waals surface area (Å²) in [6, 6.07) is 14.6. The lowest BCUT2D eigenvalue weighted by molar-refractivity contribution is 0.247. The Morgan fingerprint density at radius 3 is 1.40 bits per heavy atom. The zero-order valence-electron chi connectivity index (χ0n) is 10.8. The molecule has 5 nitrogen and oxygen atoms in total. The van der Waals surface area contributed by atoms with Gasteiger partial charge in [0.2, 0.25) is 0 Å². The number of urea groups is 1. The molecule has 0 spiro atoms. The van der Waals surface area contributed by atoms with Gasteiger partial charge in [-0.15, -0.1) is 0 Å². The Morgan fingerprint density at radius 2 is 1.05 bits per heavy atom. The highest BCUT2D eigenvalue weighted by atomic mass is 16.2. The van der Waals surface area contributed by atoms with Gasteiger partial charge in [0.05, 0.1) is 12.1 Å². The molecule has 1 heterocycles. The van der Waals surface area contributed by atoms with Crippen molar-refractivity contribution in [2.75, 3.05) is 11.5 Å². The summed E-state index contributed by atoms with van der Waals surface area (Å²) in [5, 5.41) is 5.86. The molecule has 102 valence electrons. The molecule has 1 aliphatic rings. The fourth-order valence-electron chi connectivity index (χ4n) is 2.45. The molecule has 20 heavy (non-hydrogen) atoms. The second-order valence-electron chi connectivity index (χ2n) is 4.91. The maximum atomic E-state index is 11.7. The van der Waals surface area contributed by atoms with Gasteiger partial charge in [0.15, 0.2) is 0 Å². The third kappa shape index (κ3) is 2.25. The average Bonchev–Trinajstić information content (AvgIpc) is 2.82. The lowest BCUT2D eigenvalue weighted by Gasteiger charge is -2.19. The standard InChI is InChI=1S/C15H16N4O/c16-11-5-1-9(2-6-11)13-14(19-15(20)18-13)10-3-7-12(17)8-4-10/h1-8,13-14H,16-17H2,(H2,18,19,20). The van der Waals surface area contributed by atoms with Crippen LogP contribution in [0.15, 0.2) is 48.5 Å². The van der Waals surface area contributed by atoms with Crippen LogP contribution in [0.1, 0.15) is 23.2 Å². The molecule has 0 aromatic heterocycles. The molecule has 0 radical (unpaired) electrons.